The molecule has 3 heterocycles. The Morgan fingerprint density at radius 1 is 1.37 bits per heavy atom. The Balaban J connectivity index is 1.98. The molecule has 0 radical (unpaired) electrons. The van der Waals surface area contributed by atoms with Crippen molar-refractivity contribution < 1.29 is 9.90 Å². The molecule has 0 aliphatic carbocycles. The lowest BCUT2D eigenvalue weighted by Gasteiger charge is -2.01. The molecular formula is C14H15N3O2. The molecule has 0 atom stereocenters. The fourth-order valence-corrected chi connectivity index (χ4v) is 2.61. The summed E-state index contributed by atoms with van der Waals surface area (Å²) in [5, 5.41) is 8.80. The van der Waals surface area contributed by atoms with Crippen molar-refractivity contribution in [1.82, 2.24) is 14.5 Å². The van der Waals surface area contributed by atoms with Crippen molar-refractivity contribution in [2.75, 3.05) is 0 Å². The number of aliphatic carboxylic acids is 1. The molecule has 0 fully saturated rings. The number of aryl methyl sites for hydroxylation is 1. The lowest BCUT2D eigenvalue weighted by atomic mass is 10.1. The molecule has 1 N–H and O–H groups in total. The van der Waals surface area contributed by atoms with Gasteiger partial charge in [-0.15, -0.1) is 0 Å². The molecule has 0 saturated heterocycles. The summed E-state index contributed by atoms with van der Waals surface area (Å²) in [7, 11) is 0. The van der Waals surface area contributed by atoms with Crippen LogP contribution in [0.2, 0.25) is 0 Å². The third-order valence-corrected chi connectivity index (χ3v) is 3.46. The van der Waals surface area contributed by atoms with Gasteiger partial charge in [-0.05, 0) is 25.0 Å². The molecule has 1 aliphatic rings. The van der Waals surface area contributed by atoms with E-state index in [2.05, 4.69) is 14.5 Å². The number of carboxylic acids is 1. The minimum Gasteiger partial charge on any atom is -0.481 e. The van der Waals surface area contributed by atoms with Crippen molar-refractivity contribution in [3.8, 4) is 11.3 Å². The van der Waals surface area contributed by atoms with Crippen molar-refractivity contribution in [2.45, 2.75) is 32.2 Å². The Labute approximate surface area is 110 Å². The highest BCUT2D eigenvalue weighted by Gasteiger charge is 2.22. The molecular weight excluding hydrogens is 242 g/mol. The van der Waals surface area contributed by atoms with Gasteiger partial charge >= 0.3 is 5.97 Å². The van der Waals surface area contributed by atoms with Crippen LogP contribution in [0.25, 0.3) is 11.3 Å². The van der Waals surface area contributed by atoms with Crippen LogP contribution in [0.1, 0.15) is 24.4 Å². The zero-order valence-electron chi connectivity index (χ0n) is 10.5. The highest BCUT2D eigenvalue weighted by molar-refractivity contribution is 5.67. The summed E-state index contributed by atoms with van der Waals surface area (Å²) in [5.41, 5.74) is 3.27. The first-order chi connectivity index (χ1) is 9.25. The van der Waals surface area contributed by atoms with Gasteiger partial charge in [-0.1, -0.05) is 0 Å². The second kappa shape index (κ2) is 4.84. The van der Waals surface area contributed by atoms with Crippen LogP contribution >= 0.6 is 0 Å². The summed E-state index contributed by atoms with van der Waals surface area (Å²) in [6.07, 6.45) is 6.26. The molecule has 0 unspecified atom stereocenters. The summed E-state index contributed by atoms with van der Waals surface area (Å²) in [6, 6.07) is 3.89. The largest absolute Gasteiger partial charge is 0.481 e. The zero-order chi connectivity index (χ0) is 13.2. The Kier molecular flexibility index (Phi) is 3.03. The van der Waals surface area contributed by atoms with E-state index in [1.54, 1.807) is 12.4 Å². The fraction of sp³-hybridized carbons (Fsp3) is 0.357. The smallest absolute Gasteiger partial charge is 0.303 e. The predicted molar refractivity (Wildman–Crippen MR) is 69.7 cm³/mol. The van der Waals surface area contributed by atoms with Gasteiger partial charge in [0.15, 0.2) is 0 Å². The third kappa shape index (κ3) is 2.23. The number of hydrogen-bond acceptors (Lipinski definition) is 3. The number of nitrogens with zero attached hydrogens (tertiary/aromatic N) is 3. The van der Waals surface area contributed by atoms with E-state index in [0.29, 0.717) is 6.42 Å². The quantitative estimate of drug-likeness (QED) is 0.908. The van der Waals surface area contributed by atoms with Crippen LogP contribution in [-0.4, -0.2) is 25.6 Å². The Morgan fingerprint density at radius 2 is 2.16 bits per heavy atom. The predicted octanol–water partition coefficient (Wildman–Crippen LogP) is 1.91. The minimum atomic E-state index is -0.777. The number of carboxylic acid groups (broad SMARTS) is 1. The topological polar surface area (TPSA) is 68.0 Å². The molecule has 5 nitrogen and oxygen atoms in total. The van der Waals surface area contributed by atoms with Gasteiger partial charge in [-0.3, -0.25) is 9.78 Å². The van der Waals surface area contributed by atoms with Crippen LogP contribution in [0.5, 0.6) is 0 Å². The molecule has 0 amide bonds. The first-order valence-electron chi connectivity index (χ1n) is 6.46. The van der Waals surface area contributed by atoms with Crippen molar-refractivity contribution in [3.63, 3.8) is 0 Å². The summed E-state index contributed by atoms with van der Waals surface area (Å²) < 4.78 is 2.18. The molecule has 0 spiro atoms. The average Bonchev–Trinajstić information content (AvgIpc) is 2.99. The highest BCUT2D eigenvalue weighted by Crippen LogP contribution is 2.29. The Hall–Kier alpha value is -2.17. The lowest BCUT2D eigenvalue weighted by molar-refractivity contribution is -0.137. The van der Waals surface area contributed by atoms with Gasteiger partial charge < -0.3 is 9.67 Å². The molecule has 2 aromatic heterocycles. The van der Waals surface area contributed by atoms with Gasteiger partial charge in [0.1, 0.15) is 5.82 Å². The van der Waals surface area contributed by atoms with Crippen molar-refractivity contribution in [1.29, 1.82) is 0 Å². The molecule has 0 saturated carbocycles. The van der Waals surface area contributed by atoms with E-state index in [4.69, 9.17) is 5.11 Å². The number of hydrogen-bond donors (Lipinski definition) is 1. The van der Waals surface area contributed by atoms with Crippen molar-refractivity contribution in [3.05, 3.63) is 36.0 Å². The van der Waals surface area contributed by atoms with Gasteiger partial charge in [0.2, 0.25) is 0 Å². The summed E-state index contributed by atoms with van der Waals surface area (Å²) in [5.74, 6) is 0.113. The maximum absolute atomic E-state index is 10.7. The molecule has 2 aromatic rings. The molecule has 0 bridgehead atoms. The normalized spacial score (nSPS) is 13.5. The maximum atomic E-state index is 10.7. The van der Waals surface area contributed by atoms with Gasteiger partial charge in [0.05, 0.1) is 12.1 Å². The van der Waals surface area contributed by atoms with Gasteiger partial charge in [0.25, 0.3) is 0 Å². The van der Waals surface area contributed by atoms with Crippen molar-refractivity contribution >= 4 is 5.97 Å². The van der Waals surface area contributed by atoms with E-state index in [0.717, 1.165) is 36.5 Å². The molecule has 3 rings (SSSR count). The average molecular weight is 257 g/mol. The van der Waals surface area contributed by atoms with Crippen LogP contribution in [0.3, 0.4) is 0 Å². The molecule has 0 aromatic carbocycles. The van der Waals surface area contributed by atoms with Crippen LogP contribution in [0.15, 0.2) is 24.5 Å². The van der Waals surface area contributed by atoms with Crippen LogP contribution in [0, 0.1) is 0 Å². The van der Waals surface area contributed by atoms with Gasteiger partial charge in [0, 0.05) is 36.6 Å². The monoisotopic (exact) mass is 257 g/mol. The fourth-order valence-electron chi connectivity index (χ4n) is 2.61. The molecule has 98 valence electrons. The number of aromatic nitrogens is 3. The Bertz CT molecular complexity index is 605. The first-order valence-corrected chi connectivity index (χ1v) is 6.46. The highest BCUT2D eigenvalue weighted by atomic mass is 16.4. The van der Waals surface area contributed by atoms with Gasteiger partial charge in [-0.2, -0.15) is 0 Å². The number of imidazole rings is 1. The molecule has 5 heteroatoms. The summed E-state index contributed by atoms with van der Waals surface area (Å²) >= 11 is 0. The van der Waals surface area contributed by atoms with Gasteiger partial charge in [-0.25, -0.2) is 4.98 Å². The summed E-state index contributed by atoms with van der Waals surface area (Å²) in [6.45, 7) is 0.947. The van der Waals surface area contributed by atoms with E-state index in [1.807, 2.05) is 12.1 Å². The number of fused-ring (bicyclic) bond motifs is 1. The number of pyridine rings is 1. The SMILES string of the molecule is O=C(O)CCc1nc(-c2ccncc2)c2n1CCC2. The summed E-state index contributed by atoms with van der Waals surface area (Å²) in [4.78, 5) is 19.4. The minimum absolute atomic E-state index is 0.131. The van der Waals surface area contributed by atoms with Crippen molar-refractivity contribution in [2.24, 2.45) is 0 Å². The second-order valence-electron chi connectivity index (χ2n) is 4.71. The lowest BCUT2D eigenvalue weighted by Crippen LogP contribution is -2.04. The first kappa shape index (κ1) is 11.9. The van der Waals surface area contributed by atoms with E-state index in [1.165, 1.54) is 5.69 Å². The third-order valence-electron chi connectivity index (χ3n) is 3.46. The molecule has 1 aliphatic heterocycles. The van der Waals surface area contributed by atoms with Crippen LogP contribution < -0.4 is 0 Å². The number of rotatable bonds is 4. The van der Waals surface area contributed by atoms with Crippen LogP contribution in [0.4, 0.5) is 0 Å². The second-order valence-corrected chi connectivity index (χ2v) is 4.71. The molecule has 19 heavy (non-hydrogen) atoms. The standard InChI is InChI=1S/C14H15N3O2/c18-13(19)4-3-12-16-14(10-5-7-15-8-6-10)11-2-1-9-17(11)12/h5-8H,1-4,9H2,(H,18,19). The van der Waals surface area contributed by atoms with Crippen LogP contribution in [-0.2, 0) is 24.2 Å². The zero-order valence-corrected chi connectivity index (χ0v) is 10.5. The Morgan fingerprint density at radius 3 is 2.89 bits per heavy atom. The van der Waals surface area contributed by atoms with E-state index in [9.17, 15) is 4.79 Å². The van der Waals surface area contributed by atoms with E-state index < -0.39 is 5.97 Å². The van der Waals surface area contributed by atoms with E-state index in [-0.39, 0.29) is 6.42 Å². The maximum Gasteiger partial charge on any atom is 0.303 e. The van der Waals surface area contributed by atoms with E-state index >= 15 is 0 Å². The number of carbonyl (C=O) groups is 1.